The van der Waals surface area contributed by atoms with Gasteiger partial charge in [0.25, 0.3) is 0 Å². The minimum Gasteiger partial charge on any atom is -0.618 e. The highest BCUT2D eigenvalue weighted by Crippen LogP contribution is 2.37. The first-order valence-corrected chi connectivity index (χ1v) is 9.54. The number of nitrogens with two attached hydrogens (primary N) is 1. The van der Waals surface area contributed by atoms with Crippen LogP contribution in [0.3, 0.4) is 0 Å². The molecular formula is C20H18F3N7O3. The van der Waals surface area contributed by atoms with Crippen LogP contribution >= 0.6 is 0 Å². The second-order valence-corrected chi connectivity index (χ2v) is 7.35. The SMILES string of the molecule is COc1cccc2c(-c3cn(Cc4cccc([C@@](C)(O)C(F)(F)F)[n+]4[O-])nn3)nc(N)nc12. The average Bonchev–Trinajstić information content (AvgIpc) is 3.21. The molecule has 3 aromatic heterocycles. The van der Waals surface area contributed by atoms with Crippen LogP contribution in [0.5, 0.6) is 5.75 Å². The second kappa shape index (κ2) is 7.85. The number of alkyl halides is 3. The maximum atomic E-state index is 13.2. The van der Waals surface area contributed by atoms with Crippen LogP contribution < -0.4 is 15.2 Å². The molecule has 0 saturated carbocycles. The van der Waals surface area contributed by atoms with Gasteiger partial charge in [0.15, 0.2) is 0 Å². The number of para-hydroxylation sites is 1. The number of benzene rings is 1. The monoisotopic (exact) mass is 461 g/mol. The lowest BCUT2D eigenvalue weighted by Crippen LogP contribution is -2.50. The van der Waals surface area contributed by atoms with E-state index in [4.69, 9.17) is 10.5 Å². The molecule has 33 heavy (non-hydrogen) atoms. The number of nitrogens with zero attached hydrogens (tertiary/aromatic N) is 6. The molecule has 13 heteroatoms. The molecule has 4 rings (SSSR count). The molecule has 0 amide bonds. The van der Waals surface area contributed by atoms with Gasteiger partial charge in [-0.1, -0.05) is 17.3 Å². The fourth-order valence-electron chi connectivity index (χ4n) is 3.32. The fourth-order valence-corrected chi connectivity index (χ4v) is 3.32. The number of ether oxygens (including phenoxy) is 1. The van der Waals surface area contributed by atoms with E-state index in [1.807, 2.05) is 0 Å². The van der Waals surface area contributed by atoms with Crippen molar-refractivity contribution in [2.24, 2.45) is 0 Å². The van der Waals surface area contributed by atoms with Crippen molar-refractivity contribution in [2.45, 2.75) is 25.2 Å². The summed E-state index contributed by atoms with van der Waals surface area (Å²) < 4.78 is 46.2. The maximum absolute atomic E-state index is 13.2. The molecule has 3 heterocycles. The highest BCUT2D eigenvalue weighted by Gasteiger charge is 2.56. The quantitative estimate of drug-likeness (QED) is 0.340. The van der Waals surface area contributed by atoms with Crippen molar-refractivity contribution in [1.82, 2.24) is 25.0 Å². The minimum absolute atomic E-state index is 0.0176. The second-order valence-electron chi connectivity index (χ2n) is 7.35. The molecule has 4 aromatic rings. The molecule has 0 fully saturated rings. The number of fused-ring (bicyclic) bond motifs is 1. The van der Waals surface area contributed by atoms with Crippen molar-refractivity contribution in [3.63, 3.8) is 0 Å². The largest absolute Gasteiger partial charge is 0.618 e. The van der Waals surface area contributed by atoms with Crippen LogP contribution in [0.4, 0.5) is 19.1 Å². The average molecular weight is 461 g/mol. The Bertz CT molecular complexity index is 1340. The van der Waals surface area contributed by atoms with E-state index >= 15 is 0 Å². The van der Waals surface area contributed by atoms with Crippen LogP contribution in [0.2, 0.25) is 0 Å². The molecule has 1 atom stereocenters. The van der Waals surface area contributed by atoms with Crippen molar-refractivity contribution in [1.29, 1.82) is 0 Å². The molecule has 0 aliphatic heterocycles. The molecule has 3 N–H and O–H groups in total. The van der Waals surface area contributed by atoms with Crippen LogP contribution in [-0.2, 0) is 12.1 Å². The lowest BCUT2D eigenvalue weighted by Gasteiger charge is -2.25. The topological polar surface area (TPSA) is 139 Å². The summed E-state index contributed by atoms with van der Waals surface area (Å²) in [5.41, 5.74) is 2.72. The molecule has 0 spiro atoms. The summed E-state index contributed by atoms with van der Waals surface area (Å²) in [6.07, 6.45) is -3.57. The number of halogens is 3. The number of hydrogen-bond donors (Lipinski definition) is 2. The Hall–Kier alpha value is -4.00. The van der Waals surface area contributed by atoms with E-state index < -0.39 is 17.5 Å². The lowest BCUT2D eigenvalue weighted by molar-refractivity contribution is -0.635. The first-order chi connectivity index (χ1) is 15.5. The summed E-state index contributed by atoms with van der Waals surface area (Å²) in [5, 5.41) is 31.1. The summed E-state index contributed by atoms with van der Waals surface area (Å²) in [4.78, 5) is 8.43. The van der Waals surface area contributed by atoms with Crippen LogP contribution in [0.1, 0.15) is 18.3 Å². The number of anilines is 1. The Morgan fingerprint density at radius 1 is 1.18 bits per heavy atom. The van der Waals surface area contributed by atoms with Gasteiger partial charge >= 0.3 is 6.18 Å². The summed E-state index contributed by atoms with van der Waals surface area (Å²) in [5.74, 6) is 0.465. The first kappa shape index (κ1) is 22.2. The molecule has 0 radical (unpaired) electrons. The van der Waals surface area contributed by atoms with E-state index in [2.05, 4.69) is 20.3 Å². The van der Waals surface area contributed by atoms with E-state index in [1.165, 1.54) is 30.1 Å². The van der Waals surface area contributed by atoms with Gasteiger partial charge in [0.05, 0.1) is 13.3 Å². The van der Waals surface area contributed by atoms with Gasteiger partial charge in [-0.05, 0) is 19.1 Å². The van der Waals surface area contributed by atoms with Gasteiger partial charge in [-0.2, -0.15) is 17.9 Å². The van der Waals surface area contributed by atoms with Crippen molar-refractivity contribution in [3.05, 3.63) is 59.2 Å². The Kier molecular flexibility index (Phi) is 5.28. The number of nitrogen functional groups attached to an aromatic ring is 1. The Balaban J connectivity index is 1.72. The third-order valence-electron chi connectivity index (χ3n) is 5.11. The summed E-state index contributed by atoms with van der Waals surface area (Å²) in [6.45, 7) is 0.313. The van der Waals surface area contributed by atoms with Gasteiger partial charge < -0.3 is 20.8 Å². The van der Waals surface area contributed by atoms with Gasteiger partial charge in [0.2, 0.25) is 22.9 Å². The van der Waals surface area contributed by atoms with Gasteiger partial charge in [-0.25, -0.2) is 14.6 Å². The molecule has 0 aliphatic carbocycles. The molecule has 0 saturated heterocycles. The van der Waals surface area contributed by atoms with E-state index in [0.29, 0.717) is 35.0 Å². The van der Waals surface area contributed by atoms with E-state index in [1.54, 1.807) is 18.2 Å². The van der Waals surface area contributed by atoms with Crippen molar-refractivity contribution >= 4 is 16.9 Å². The predicted octanol–water partition coefficient (Wildman–Crippen LogP) is 1.93. The molecule has 172 valence electrons. The molecular weight excluding hydrogens is 443 g/mol. The lowest BCUT2D eigenvalue weighted by atomic mass is 10.0. The zero-order valence-corrected chi connectivity index (χ0v) is 17.4. The van der Waals surface area contributed by atoms with E-state index in [9.17, 15) is 23.5 Å². The van der Waals surface area contributed by atoms with Gasteiger partial charge in [0, 0.05) is 17.5 Å². The van der Waals surface area contributed by atoms with Crippen LogP contribution in [0.25, 0.3) is 22.3 Å². The third kappa shape index (κ3) is 3.86. The van der Waals surface area contributed by atoms with Crippen LogP contribution in [0.15, 0.2) is 42.6 Å². The molecule has 0 unspecified atom stereocenters. The van der Waals surface area contributed by atoms with Gasteiger partial charge in [-0.15, -0.1) is 5.10 Å². The highest BCUT2D eigenvalue weighted by molar-refractivity contribution is 5.95. The van der Waals surface area contributed by atoms with Crippen LogP contribution in [0, 0.1) is 5.21 Å². The fraction of sp³-hybridized carbons (Fsp3) is 0.250. The molecule has 0 aliphatic rings. The van der Waals surface area contributed by atoms with Crippen LogP contribution in [-0.4, -0.2) is 43.4 Å². The molecule has 0 bridgehead atoms. The van der Waals surface area contributed by atoms with Crippen molar-refractivity contribution < 1.29 is 27.7 Å². The first-order valence-electron chi connectivity index (χ1n) is 9.54. The maximum Gasteiger partial charge on any atom is 0.427 e. The summed E-state index contributed by atoms with van der Waals surface area (Å²) in [6, 6.07) is 8.70. The Labute approximate surface area is 184 Å². The van der Waals surface area contributed by atoms with E-state index in [-0.39, 0.29) is 22.9 Å². The zero-order chi connectivity index (χ0) is 24.0. The Morgan fingerprint density at radius 2 is 1.91 bits per heavy atom. The Morgan fingerprint density at radius 3 is 2.61 bits per heavy atom. The number of pyridine rings is 1. The standard InChI is InChI=1S/C20H18F3N7O3/c1-19(31,20(21,22)23)15-8-3-5-11(30(15)32)9-29-10-13(27-28-29)16-12-6-4-7-14(33-2)17(12)26-18(24)25-16/h3-8,10,31H,9H2,1-2H3,(H2,24,25,26)/t19-/m1/s1. The third-order valence-corrected chi connectivity index (χ3v) is 5.11. The number of methoxy groups -OCH3 is 1. The van der Waals surface area contributed by atoms with Crippen molar-refractivity contribution in [3.8, 4) is 17.1 Å². The zero-order valence-electron chi connectivity index (χ0n) is 17.4. The highest BCUT2D eigenvalue weighted by atomic mass is 19.4. The predicted molar refractivity (Wildman–Crippen MR) is 110 cm³/mol. The van der Waals surface area contributed by atoms with E-state index in [0.717, 1.165) is 6.07 Å². The number of aliphatic hydroxyl groups is 1. The minimum atomic E-state index is -5.03. The summed E-state index contributed by atoms with van der Waals surface area (Å²) >= 11 is 0. The molecule has 10 nitrogen and oxygen atoms in total. The smallest absolute Gasteiger partial charge is 0.427 e. The number of hydrogen-bond acceptors (Lipinski definition) is 8. The summed E-state index contributed by atoms with van der Waals surface area (Å²) in [7, 11) is 1.49. The van der Waals surface area contributed by atoms with Crippen molar-refractivity contribution in [2.75, 3.05) is 12.8 Å². The van der Waals surface area contributed by atoms with Gasteiger partial charge in [0.1, 0.15) is 29.2 Å². The number of rotatable bonds is 5. The normalized spacial score (nSPS) is 13.8. The number of aromatic nitrogens is 6. The molecule has 1 aromatic carbocycles. The van der Waals surface area contributed by atoms with Gasteiger partial charge in [-0.3, -0.25) is 0 Å².